The fourth-order valence-corrected chi connectivity index (χ4v) is 3.35. The molecular formula is C19H18F6N6O. The average molecular weight is 460 g/mol. The highest BCUT2D eigenvalue weighted by molar-refractivity contribution is 5.62. The van der Waals surface area contributed by atoms with Crippen LogP contribution in [0.1, 0.15) is 19.0 Å². The molecule has 3 atom stereocenters. The van der Waals surface area contributed by atoms with Gasteiger partial charge in [-0.15, -0.1) is 0 Å². The first kappa shape index (κ1) is 22.3. The number of anilines is 1. The van der Waals surface area contributed by atoms with Crippen molar-refractivity contribution in [3.05, 3.63) is 42.0 Å². The zero-order valence-corrected chi connectivity index (χ0v) is 16.6. The third-order valence-corrected chi connectivity index (χ3v) is 5.34. The predicted molar refractivity (Wildman–Crippen MR) is 102 cm³/mol. The Bertz CT molecular complexity index is 1150. The second-order valence-electron chi connectivity index (χ2n) is 7.62. The number of hydrogen-bond donors (Lipinski definition) is 3. The van der Waals surface area contributed by atoms with Crippen molar-refractivity contribution < 1.29 is 31.4 Å². The topological polar surface area (TPSA) is 87.4 Å². The van der Waals surface area contributed by atoms with Gasteiger partial charge in [0.15, 0.2) is 23.1 Å². The number of hydrogen-bond acceptors (Lipinski definition) is 6. The average Bonchev–Trinajstić information content (AvgIpc) is 3.13. The molecule has 32 heavy (non-hydrogen) atoms. The first-order valence-corrected chi connectivity index (χ1v) is 9.59. The lowest BCUT2D eigenvalue weighted by molar-refractivity contribution is -0.260. The Morgan fingerprint density at radius 3 is 2.62 bits per heavy atom. The molecule has 1 unspecified atom stereocenters. The Morgan fingerprint density at radius 1 is 1.19 bits per heavy atom. The summed E-state index contributed by atoms with van der Waals surface area (Å²) < 4.78 is 83.7. The number of aromatic nitrogens is 4. The SMILES string of the molecule is CC(O)(c1cn2c(-c3nc(N[C@H]4CNCC[C@@H]4F)c(F)cc3F)cnc2cn1)C(F)(F)F. The van der Waals surface area contributed by atoms with E-state index in [4.69, 9.17) is 0 Å². The summed E-state index contributed by atoms with van der Waals surface area (Å²) in [5, 5.41) is 15.5. The van der Waals surface area contributed by atoms with Crippen molar-refractivity contribution >= 4 is 11.5 Å². The summed E-state index contributed by atoms with van der Waals surface area (Å²) in [4.78, 5) is 11.5. The molecule has 0 amide bonds. The molecule has 3 aromatic heterocycles. The molecule has 3 aromatic rings. The highest BCUT2D eigenvalue weighted by Crippen LogP contribution is 2.38. The zero-order chi connectivity index (χ0) is 23.3. The number of pyridine rings is 1. The maximum absolute atomic E-state index is 14.6. The largest absolute Gasteiger partial charge is 0.422 e. The maximum Gasteiger partial charge on any atom is 0.422 e. The summed E-state index contributed by atoms with van der Waals surface area (Å²) in [5.41, 5.74) is -4.53. The molecule has 0 radical (unpaired) electrons. The van der Waals surface area contributed by atoms with Crippen LogP contribution in [0.2, 0.25) is 0 Å². The number of rotatable bonds is 4. The molecule has 3 N–H and O–H groups in total. The highest BCUT2D eigenvalue weighted by Gasteiger charge is 2.52. The molecule has 172 valence electrons. The Morgan fingerprint density at radius 2 is 1.94 bits per heavy atom. The second kappa shape index (κ2) is 7.89. The number of nitrogens with zero attached hydrogens (tertiary/aromatic N) is 4. The first-order chi connectivity index (χ1) is 15.0. The van der Waals surface area contributed by atoms with Crippen molar-refractivity contribution in [3.63, 3.8) is 0 Å². The van der Waals surface area contributed by atoms with Gasteiger partial charge in [-0.05, 0) is 19.9 Å². The lowest BCUT2D eigenvalue weighted by Gasteiger charge is -2.28. The van der Waals surface area contributed by atoms with Gasteiger partial charge in [0, 0.05) is 18.8 Å². The summed E-state index contributed by atoms with van der Waals surface area (Å²) in [7, 11) is 0. The van der Waals surface area contributed by atoms with Gasteiger partial charge < -0.3 is 15.7 Å². The van der Waals surface area contributed by atoms with Crippen LogP contribution < -0.4 is 10.6 Å². The van der Waals surface area contributed by atoms with E-state index in [0.29, 0.717) is 19.5 Å². The van der Waals surface area contributed by atoms with E-state index in [9.17, 15) is 31.4 Å². The van der Waals surface area contributed by atoms with E-state index >= 15 is 0 Å². The van der Waals surface area contributed by atoms with Gasteiger partial charge in [-0.3, -0.25) is 9.38 Å². The second-order valence-corrected chi connectivity index (χ2v) is 7.62. The van der Waals surface area contributed by atoms with Crippen LogP contribution in [0.3, 0.4) is 0 Å². The quantitative estimate of drug-likeness (QED) is 0.519. The number of piperidine rings is 1. The van der Waals surface area contributed by atoms with Crippen LogP contribution in [-0.4, -0.2) is 55.9 Å². The molecule has 0 bridgehead atoms. The lowest BCUT2D eigenvalue weighted by Crippen LogP contribution is -2.46. The maximum atomic E-state index is 14.6. The predicted octanol–water partition coefficient (Wildman–Crippen LogP) is 2.95. The number of alkyl halides is 4. The van der Waals surface area contributed by atoms with Crippen LogP contribution in [0.25, 0.3) is 17.0 Å². The summed E-state index contributed by atoms with van der Waals surface area (Å²) in [5.74, 6) is -2.57. The molecule has 13 heteroatoms. The number of imidazole rings is 1. The van der Waals surface area contributed by atoms with Crippen LogP contribution in [0, 0.1) is 11.6 Å². The van der Waals surface area contributed by atoms with Gasteiger partial charge >= 0.3 is 6.18 Å². The van der Waals surface area contributed by atoms with Crippen molar-refractivity contribution in [1.82, 2.24) is 24.7 Å². The third-order valence-electron chi connectivity index (χ3n) is 5.34. The van der Waals surface area contributed by atoms with E-state index in [1.165, 1.54) is 0 Å². The highest BCUT2D eigenvalue weighted by atomic mass is 19.4. The number of halogens is 6. The van der Waals surface area contributed by atoms with Gasteiger partial charge in [-0.1, -0.05) is 0 Å². The summed E-state index contributed by atoms with van der Waals surface area (Å²) in [6, 6.07) is -0.259. The molecule has 1 saturated heterocycles. The van der Waals surface area contributed by atoms with Gasteiger partial charge in [-0.2, -0.15) is 13.2 Å². The van der Waals surface area contributed by atoms with Crippen molar-refractivity contribution in [1.29, 1.82) is 0 Å². The molecule has 0 spiro atoms. The standard InChI is InChI=1S/C19H18F6N6O/c1-18(32,19(23,24)25)14-8-31-13(6-28-15(31)7-27-14)16-10(21)4-11(22)17(30-16)29-12-5-26-3-2-9(12)20/h4,6-9,12,26,32H,2-3,5H2,1H3,(H,29,30)/t9-,12-,18?/m0/s1. The van der Waals surface area contributed by atoms with Crippen LogP contribution in [0.5, 0.6) is 0 Å². The minimum atomic E-state index is -5.03. The van der Waals surface area contributed by atoms with E-state index < -0.39 is 52.8 Å². The van der Waals surface area contributed by atoms with Gasteiger partial charge in [-0.25, -0.2) is 23.1 Å². The molecule has 7 nitrogen and oxygen atoms in total. The number of fused-ring (bicyclic) bond motifs is 1. The molecule has 1 aliphatic heterocycles. The molecular weight excluding hydrogens is 442 g/mol. The lowest BCUT2D eigenvalue weighted by atomic mass is 10.0. The molecule has 4 rings (SSSR count). The number of aliphatic hydroxyl groups is 1. The van der Waals surface area contributed by atoms with E-state index in [2.05, 4.69) is 25.6 Å². The Labute approximate surface area is 177 Å². The van der Waals surface area contributed by atoms with Crippen LogP contribution in [-0.2, 0) is 5.60 Å². The molecule has 1 fully saturated rings. The summed E-state index contributed by atoms with van der Waals surface area (Å²) >= 11 is 0. The van der Waals surface area contributed by atoms with Gasteiger partial charge in [0.1, 0.15) is 11.9 Å². The van der Waals surface area contributed by atoms with E-state index in [0.717, 1.165) is 23.0 Å². The van der Waals surface area contributed by atoms with Crippen LogP contribution >= 0.6 is 0 Å². The van der Waals surface area contributed by atoms with Crippen LogP contribution in [0.4, 0.5) is 32.2 Å². The van der Waals surface area contributed by atoms with Crippen molar-refractivity contribution in [3.8, 4) is 11.4 Å². The molecule has 0 aromatic carbocycles. The van der Waals surface area contributed by atoms with E-state index in [-0.39, 0.29) is 24.3 Å². The molecule has 4 heterocycles. The fraction of sp³-hybridized carbons (Fsp3) is 0.421. The Hall–Kier alpha value is -2.93. The van der Waals surface area contributed by atoms with Gasteiger partial charge in [0.25, 0.3) is 0 Å². The molecule has 0 saturated carbocycles. The van der Waals surface area contributed by atoms with Crippen LogP contribution in [0.15, 0.2) is 24.7 Å². The number of nitrogens with one attached hydrogen (secondary N) is 2. The minimum Gasteiger partial charge on any atom is -0.375 e. The molecule has 0 aliphatic carbocycles. The fourth-order valence-electron chi connectivity index (χ4n) is 3.35. The zero-order valence-electron chi connectivity index (χ0n) is 16.6. The van der Waals surface area contributed by atoms with Gasteiger partial charge in [0.2, 0.25) is 5.60 Å². The normalized spacial score (nSPS) is 21.5. The Kier molecular flexibility index (Phi) is 5.49. The first-order valence-electron chi connectivity index (χ1n) is 9.59. The monoisotopic (exact) mass is 460 g/mol. The van der Waals surface area contributed by atoms with Crippen molar-refractivity contribution in [2.45, 2.75) is 37.3 Å². The molecule has 1 aliphatic rings. The smallest absolute Gasteiger partial charge is 0.375 e. The summed E-state index contributed by atoms with van der Waals surface area (Å²) in [6.45, 7) is 1.19. The summed E-state index contributed by atoms with van der Waals surface area (Å²) in [6.07, 6.45) is -3.15. The van der Waals surface area contributed by atoms with Gasteiger partial charge in [0.05, 0.1) is 29.8 Å². The van der Waals surface area contributed by atoms with Crippen molar-refractivity contribution in [2.75, 3.05) is 18.4 Å². The van der Waals surface area contributed by atoms with Crippen molar-refractivity contribution in [2.24, 2.45) is 0 Å². The third kappa shape index (κ3) is 3.86. The Balaban J connectivity index is 1.77. The van der Waals surface area contributed by atoms with E-state index in [1.807, 2.05) is 0 Å². The van der Waals surface area contributed by atoms with E-state index in [1.54, 1.807) is 0 Å². The minimum absolute atomic E-state index is 0.0436.